The maximum atomic E-state index is 14.4. The Morgan fingerprint density at radius 2 is 2.09 bits per heavy atom. The molecule has 1 fully saturated rings. The maximum Gasteiger partial charge on any atom is 0.416 e. The summed E-state index contributed by atoms with van der Waals surface area (Å²) in [5, 5.41) is 17.8. The third-order valence-corrected chi connectivity index (χ3v) is 5.47. The van der Waals surface area contributed by atoms with Gasteiger partial charge in [-0.25, -0.2) is 19.1 Å². The number of anilines is 2. The summed E-state index contributed by atoms with van der Waals surface area (Å²) >= 11 is 12.2. The Kier molecular flexibility index (Phi) is 6.18. The predicted octanol–water partition coefficient (Wildman–Crippen LogP) is 4.46. The first-order chi connectivity index (χ1) is 15.2. The average molecular weight is 482 g/mol. The number of nitrogens with zero attached hydrogens (tertiary/aromatic N) is 4. The SMILES string of the molecule is C[C@@H](Nc1ncc(F)c(N2C(=O)OC[C@@H]2[C@@H](C)O)n1)c1cc(-c2ccc(Cl)cc2Cl)no1. The molecular weight excluding hydrogens is 464 g/mol. The van der Waals surface area contributed by atoms with E-state index >= 15 is 0 Å². The zero-order valence-electron chi connectivity index (χ0n) is 16.9. The van der Waals surface area contributed by atoms with Crippen LogP contribution in [0.25, 0.3) is 11.3 Å². The molecule has 9 nitrogen and oxygen atoms in total. The number of nitrogens with one attached hydrogen (secondary N) is 1. The van der Waals surface area contributed by atoms with E-state index in [1.54, 1.807) is 31.2 Å². The van der Waals surface area contributed by atoms with E-state index in [4.69, 9.17) is 32.5 Å². The van der Waals surface area contributed by atoms with Gasteiger partial charge in [-0.15, -0.1) is 0 Å². The zero-order chi connectivity index (χ0) is 23.0. The number of aromatic nitrogens is 3. The van der Waals surface area contributed by atoms with Crippen LogP contribution in [0.2, 0.25) is 10.0 Å². The van der Waals surface area contributed by atoms with E-state index in [0.29, 0.717) is 27.1 Å². The van der Waals surface area contributed by atoms with Crippen molar-refractivity contribution in [2.75, 3.05) is 16.8 Å². The quantitative estimate of drug-likeness (QED) is 0.530. The topological polar surface area (TPSA) is 114 Å². The summed E-state index contributed by atoms with van der Waals surface area (Å²) < 4.78 is 24.8. The molecule has 1 amide bonds. The van der Waals surface area contributed by atoms with Gasteiger partial charge in [0.1, 0.15) is 18.3 Å². The highest BCUT2D eigenvalue weighted by Crippen LogP contribution is 2.32. The van der Waals surface area contributed by atoms with Crippen LogP contribution >= 0.6 is 23.2 Å². The Balaban J connectivity index is 1.56. The number of aliphatic hydroxyl groups excluding tert-OH is 1. The van der Waals surface area contributed by atoms with Gasteiger partial charge in [-0.05, 0) is 32.0 Å². The fourth-order valence-corrected chi connectivity index (χ4v) is 3.72. The Labute approximate surface area is 192 Å². The highest BCUT2D eigenvalue weighted by atomic mass is 35.5. The molecule has 0 radical (unpaired) electrons. The summed E-state index contributed by atoms with van der Waals surface area (Å²) in [4.78, 5) is 21.1. The number of hydrogen-bond acceptors (Lipinski definition) is 8. The molecule has 168 valence electrons. The zero-order valence-corrected chi connectivity index (χ0v) is 18.4. The maximum absolute atomic E-state index is 14.4. The molecule has 1 saturated heterocycles. The molecule has 32 heavy (non-hydrogen) atoms. The number of cyclic esters (lactones) is 1. The molecule has 3 heterocycles. The molecule has 0 spiro atoms. The molecule has 0 bridgehead atoms. The number of aliphatic hydroxyl groups is 1. The number of carbonyl (C=O) groups is 1. The van der Waals surface area contributed by atoms with Gasteiger partial charge in [0.2, 0.25) is 5.95 Å². The second-order valence-corrected chi connectivity index (χ2v) is 8.07. The van der Waals surface area contributed by atoms with Crippen molar-refractivity contribution in [2.24, 2.45) is 0 Å². The molecular formula is C20H18Cl2FN5O4. The van der Waals surface area contributed by atoms with Gasteiger partial charge in [0, 0.05) is 16.7 Å². The lowest BCUT2D eigenvalue weighted by Gasteiger charge is -2.23. The monoisotopic (exact) mass is 481 g/mol. The van der Waals surface area contributed by atoms with Crippen LogP contribution in [-0.2, 0) is 4.74 Å². The van der Waals surface area contributed by atoms with Crippen molar-refractivity contribution in [2.45, 2.75) is 32.0 Å². The van der Waals surface area contributed by atoms with Crippen LogP contribution < -0.4 is 10.2 Å². The summed E-state index contributed by atoms with van der Waals surface area (Å²) in [6.45, 7) is 3.17. The standard InChI is InChI=1S/C20H18Cl2FN5O4/c1-9(17-6-15(27-32-17)12-4-3-11(21)5-13(12)22)25-19-24-7-14(23)18(26-19)28-16(10(2)29)8-31-20(28)30/h3-7,9-10,16,29H,8H2,1-2H3,(H,24,25,26)/t9-,10-,16-/m1/s1. The second-order valence-electron chi connectivity index (χ2n) is 7.22. The van der Waals surface area contributed by atoms with E-state index < -0.39 is 30.1 Å². The van der Waals surface area contributed by atoms with Crippen LogP contribution in [0.1, 0.15) is 25.6 Å². The lowest BCUT2D eigenvalue weighted by Crippen LogP contribution is -2.42. The number of amides is 1. The van der Waals surface area contributed by atoms with Crippen molar-refractivity contribution < 1.29 is 23.6 Å². The van der Waals surface area contributed by atoms with Gasteiger partial charge in [0.25, 0.3) is 0 Å². The summed E-state index contributed by atoms with van der Waals surface area (Å²) in [5.74, 6) is -0.635. The van der Waals surface area contributed by atoms with E-state index in [-0.39, 0.29) is 18.4 Å². The van der Waals surface area contributed by atoms with Gasteiger partial charge in [-0.1, -0.05) is 28.4 Å². The first-order valence-electron chi connectivity index (χ1n) is 9.59. The molecule has 3 atom stereocenters. The molecule has 2 aromatic heterocycles. The van der Waals surface area contributed by atoms with Gasteiger partial charge < -0.3 is 19.7 Å². The van der Waals surface area contributed by atoms with Crippen LogP contribution in [0.5, 0.6) is 0 Å². The van der Waals surface area contributed by atoms with Crippen LogP contribution in [0, 0.1) is 5.82 Å². The number of carbonyl (C=O) groups excluding carboxylic acids is 1. The molecule has 1 aliphatic rings. The van der Waals surface area contributed by atoms with Crippen molar-refractivity contribution in [3.05, 3.63) is 52.1 Å². The third-order valence-electron chi connectivity index (χ3n) is 4.92. The smallest absolute Gasteiger partial charge is 0.416 e. The lowest BCUT2D eigenvalue weighted by molar-refractivity contribution is 0.142. The minimum atomic E-state index is -0.946. The number of hydrogen-bond donors (Lipinski definition) is 2. The Morgan fingerprint density at radius 3 is 2.81 bits per heavy atom. The lowest BCUT2D eigenvalue weighted by atomic mass is 10.1. The van der Waals surface area contributed by atoms with Crippen LogP contribution in [0.4, 0.5) is 21.0 Å². The average Bonchev–Trinajstić information content (AvgIpc) is 3.37. The molecule has 0 aliphatic carbocycles. The number of rotatable bonds is 6. The first kappa shape index (κ1) is 22.3. The molecule has 4 rings (SSSR count). The molecule has 3 aromatic rings. The van der Waals surface area contributed by atoms with Gasteiger partial charge >= 0.3 is 6.09 Å². The van der Waals surface area contributed by atoms with Gasteiger partial charge in [0.15, 0.2) is 17.4 Å². The summed E-state index contributed by atoms with van der Waals surface area (Å²) in [7, 11) is 0. The van der Waals surface area contributed by atoms with Crippen LogP contribution in [0.15, 0.2) is 35.0 Å². The molecule has 2 N–H and O–H groups in total. The number of ether oxygens (including phenoxy) is 1. The highest BCUT2D eigenvalue weighted by molar-refractivity contribution is 6.36. The van der Waals surface area contributed by atoms with E-state index in [0.717, 1.165) is 11.1 Å². The first-order valence-corrected chi connectivity index (χ1v) is 10.4. The van der Waals surface area contributed by atoms with Crippen molar-refractivity contribution >= 4 is 41.1 Å². The summed E-state index contributed by atoms with van der Waals surface area (Å²) in [6.07, 6.45) is -0.813. The van der Waals surface area contributed by atoms with Crippen molar-refractivity contribution in [1.82, 2.24) is 15.1 Å². The molecule has 0 saturated carbocycles. The van der Waals surface area contributed by atoms with E-state index in [1.165, 1.54) is 6.92 Å². The van der Waals surface area contributed by atoms with Crippen LogP contribution in [-0.4, -0.2) is 45.1 Å². The molecule has 1 aromatic carbocycles. The molecule has 12 heteroatoms. The Bertz CT molecular complexity index is 1160. The van der Waals surface area contributed by atoms with Crippen molar-refractivity contribution in [3.8, 4) is 11.3 Å². The fraction of sp³-hybridized carbons (Fsp3) is 0.300. The Hall–Kier alpha value is -2.95. The van der Waals surface area contributed by atoms with Gasteiger partial charge in [-0.2, -0.15) is 4.98 Å². The number of halogens is 3. The summed E-state index contributed by atoms with van der Waals surface area (Å²) in [5.41, 5.74) is 1.16. The third kappa shape index (κ3) is 4.34. The molecule has 1 aliphatic heterocycles. The molecule has 0 unspecified atom stereocenters. The fourth-order valence-electron chi connectivity index (χ4n) is 3.21. The van der Waals surface area contributed by atoms with Crippen molar-refractivity contribution in [1.29, 1.82) is 0 Å². The van der Waals surface area contributed by atoms with Gasteiger partial charge in [0.05, 0.1) is 23.4 Å². The van der Waals surface area contributed by atoms with E-state index in [2.05, 4.69) is 20.4 Å². The minimum Gasteiger partial charge on any atom is -0.447 e. The summed E-state index contributed by atoms with van der Waals surface area (Å²) in [6, 6.07) is 5.49. The normalized spacial score (nSPS) is 17.9. The largest absolute Gasteiger partial charge is 0.447 e. The number of benzene rings is 1. The van der Waals surface area contributed by atoms with Crippen molar-refractivity contribution in [3.63, 3.8) is 0 Å². The second kappa shape index (κ2) is 8.89. The van der Waals surface area contributed by atoms with E-state index in [9.17, 15) is 14.3 Å². The Morgan fingerprint density at radius 1 is 1.31 bits per heavy atom. The van der Waals surface area contributed by atoms with Crippen LogP contribution in [0.3, 0.4) is 0 Å². The predicted molar refractivity (Wildman–Crippen MR) is 115 cm³/mol. The highest BCUT2D eigenvalue weighted by Gasteiger charge is 2.39. The van der Waals surface area contributed by atoms with E-state index in [1.807, 2.05) is 0 Å². The van der Waals surface area contributed by atoms with Gasteiger partial charge in [-0.3, -0.25) is 0 Å². The minimum absolute atomic E-state index is 0.0421.